The molecule has 4 rings (SSSR count). The molecule has 1 aliphatic carbocycles. The first-order chi connectivity index (χ1) is 15.2. The molecule has 158 valence electrons. The number of carbonyl (C=O) groups is 2. The zero-order valence-electron chi connectivity index (χ0n) is 17.5. The third-order valence-electron chi connectivity index (χ3n) is 5.84. The monoisotopic (exact) mass is 413 g/mol. The number of rotatable bonds is 7. The van der Waals surface area contributed by atoms with Gasteiger partial charge in [0, 0.05) is 5.92 Å². The second kappa shape index (κ2) is 10.1. The van der Waals surface area contributed by atoms with Gasteiger partial charge in [-0.05, 0) is 41.5 Å². The lowest BCUT2D eigenvalue weighted by molar-refractivity contribution is -0.149. The molecule has 1 atom stereocenters. The molecule has 0 saturated carbocycles. The first-order valence-corrected chi connectivity index (χ1v) is 10.8. The van der Waals surface area contributed by atoms with E-state index in [-0.39, 0.29) is 36.9 Å². The van der Waals surface area contributed by atoms with Gasteiger partial charge in [0.25, 0.3) is 5.91 Å². The van der Waals surface area contributed by atoms with E-state index in [9.17, 15) is 9.59 Å². The molecule has 0 unspecified atom stereocenters. The topological polar surface area (TPSA) is 55.4 Å². The highest BCUT2D eigenvalue weighted by molar-refractivity contribution is 5.81. The molecule has 0 aromatic heterocycles. The maximum atomic E-state index is 12.6. The lowest BCUT2D eigenvalue weighted by Crippen LogP contribution is -2.34. The Morgan fingerprint density at radius 2 is 1.48 bits per heavy atom. The molecule has 0 saturated heterocycles. The van der Waals surface area contributed by atoms with Gasteiger partial charge in [0.2, 0.25) is 0 Å². The highest BCUT2D eigenvalue weighted by Crippen LogP contribution is 2.30. The Labute approximate surface area is 183 Å². The normalized spacial score (nSPS) is 15.2. The van der Waals surface area contributed by atoms with Gasteiger partial charge in [-0.2, -0.15) is 0 Å². The van der Waals surface area contributed by atoms with Crippen molar-refractivity contribution in [2.24, 2.45) is 0 Å². The standard InChI is InChI=1S/C27H27NO3/c29-26(28-25-17-9-15-20-14-7-8-16-23(20)25)19-31-27(30)18-24(21-10-3-1-4-11-21)22-12-5-2-6-13-22/h1-8,10-14,16,24-25H,9,15,17-19H2,(H,28,29)/t25-/m0/s1. The summed E-state index contributed by atoms with van der Waals surface area (Å²) >= 11 is 0. The number of carbonyl (C=O) groups excluding carboxylic acids is 2. The van der Waals surface area contributed by atoms with Crippen LogP contribution in [0.15, 0.2) is 84.9 Å². The highest BCUT2D eigenvalue weighted by atomic mass is 16.5. The molecule has 0 heterocycles. The molecular weight excluding hydrogens is 386 g/mol. The second-order valence-electron chi connectivity index (χ2n) is 7.95. The minimum atomic E-state index is -0.378. The molecule has 3 aromatic carbocycles. The zero-order valence-corrected chi connectivity index (χ0v) is 17.5. The Morgan fingerprint density at radius 3 is 2.16 bits per heavy atom. The van der Waals surface area contributed by atoms with E-state index in [1.807, 2.05) is 72.8 Å². The Kier molecular flexibility index (Phi) is 6.78. The molecule has 3 aromatic rings. The Bertz CT molecular complexity index is 977. The second-order valence-corrected chi connectivity index (χ2v) is 7.95. The van der Waals surface area contributed by atoms with Gasteiger partial charge >= 0.3 is 5.97 Å². The van der Waals surface area contributed by atoms with Crippen molar-refractivity contribution in [2.45, 2.75) is 37.6 Å². The maximum absolute atomic E-state index is 12.6. The molecule has 0 fully saturated rings. The fourth-order valence-corrected chi connectivity index (χ4v) is 4.31. The van der Waals surface area contributed by atoms with Gasteiger partial charge in [0.1, 0.15) is 0 Å². The molecule has 0 aliphatic heterocycles. The van der Waals surface area contributed by atoms with Crippen molar-refractivity contribution < 1.29 is 14.3 Å². The van der Waals surface area contributed by atoms with Crippen LogP contribution in [0.3, 0.4) is 0 Å². The average Bonchev–Trinajstić information content (AvgIpc) is 2.82. The van der Waals surface area contributed by atoms with Gasteiger partial charge < -0.3 is 10.1 Å². The predicted octanol–water partition coefficient (Wildman–Crippen LogP) is 4.95. The van der Waals surface area contributed by atoms with Crippen LogP contribution in [0.25, 0.3) is 0 Å². The van der Waals surface area contributed by atoms with Gasteiger partial charge in [0.05, 0.1) is 12.5 Å². The Balaban J connectivity index is 1.35. The molecule has 0 radical (unpaired) electrons. The third kappa shape index (κ3) is 5.40. The summed E-state index contributed by atoms with van der Waals surface area (Å²) < 4.78 is 5.36. The molecular formula is C27H27NO3. The van der Waals surface area contributed by atoms with Crippen molar-refractivity contribution in [2.75, 3.05) is 6.61 Å². The van der Waals surface area contributed by atoms with Crippen LogP contribution in [-0.4, -0.2) is 18.5 Å². The first-order valence-electron chi connectivity index (χ1n) is 10.8. The smallest absolute Gasteiger partial charge is 0.307 e. The van der Waals surface area contributed by atoms with Crippen LogP contribution in [0.5, 0.6) is 0 Å². The van der Waals surface area contributed by atoms with E-state index in [1.54, 1.807) is 0 Å². The van der Waals surface area contributed by atoms with Gasteiger partial charge in [-0.15, -0.1) is 0 Å². The minimum absolute atomic E-state index is 0.0162. The summed E-state index contributed by atoms with van der Waals surface area (Å²) in [6, 6.07) is 28.0. The summed E-state index contributed by atoms with van der Waals surface area (Å²) in [6.45, 7) is -0.256. The summed E-state index contributed by atoms with van der Waals surface area (Å²) in [5.41, 5.74) is 4.55. The van der Waals surface area contributed by atoms with Gasteiger partial charge in [-0.1, -0.05) is 84.9 Å². The van der Waals surface area contributed by atoms with E-state index < -0.39 is 0 Å². The summed E-state index contributed by atoms with van der Waals surface area (Å²) in [4.78, 5) is 25.1. The summed E-state index contributed by atoms with van der Waals surface area (Å²) in [5.74, 6) is -0.744. The Morgan fingerprint density at radius 1 is 0.871 bits per heavy atom. The molecule has 1 amide bonds. The van der Waals surface area contributed by atoms with E-state index in [0.717, 1.165) is 30.4 Å². The number of hydrogen-bond acceptors (Lipinski definition) is 3. The van der Waals surface area contributed by atoms with Gasteiger partial charge in [-0.3, -0.25) is 9.59 Å². The van der Waals surface area contributed by atoms with E-state index in [0.29, 0.717) is 0 Å². The molecule has 1 N–H and O–H groups in total. The number of hydrogen-bond donors (Lipinski definition) is 1. The van der Waals surface area contributed by atoms with Crippen LogP contribution in [-0.2, 0) is 20.7 Å². The van der Waals surface area contributed by atoms with E-state index in [4.69, 9.17) is 4.74 Å². The van der Waals surface area contributed by atoms with Crippen LogP contribution in [0.2, 0.25) is 0 Å². The van der Waals surface area contributed by atoms with E-state index in [2.05, 4.69) is 17.4 Å². The number of fused-ring (bicyclic) bond motifs is 1. The largest absolute Gasteiger partial charge is 0.456 e. The van der Waals surface area contributed by atoms with E-state index in [1.165, 1.54) is 11.1 Å². The van der Waals surface area contributed by atoms with Crippen LogP contribution < -0.4 is 5.32 Å². The fourth-order valence-electron chi connectivity index (χ4n) is 4.31. The SMILES string of the molecule is O=C(COC(=O)CC(c1ccccc1)c1ccccc1)N[C@H]1CCCc2ccccc21. The highest BCUT2D eigenvalue weighted by Gasteiger charge is 2.23. The van der Waals surface area contributed by atoms with Crippen molar-refractivity contribution in [1.82, 2.24) is 5.32 Å². The molecule has 4 heteroatoms. The van der Waals surface area contributed by atoms with Crippen LogP contribution in [0, 0.1) is 0 Å². The summed E-state index contributed by atoms with van der Waals surface area (Å²) in [5, 5.41) is 3.03. The zero-order chi connectivity index (χ0) is 21.5. The number of benzene rings is 3. The van der Waals surface area contributed by atoms with Crippen LogP contribution >= 0.6 is 0 Å². The molecule has 31 heavy (non-hydrogen) atoms. The van der Waals surface area contributed by atoms with E-state index >= 15 is 0 Å². The lowest BCUT2D eigenvalue weighted by atomic mass is 9.88. The maximum Gasteiger partial charge on any atom is 0.307 e. The van der Waals surface area contributed by atoms with Crippen molar-refractivity contribution in [3.63, 3.8) is 0 Å². The third-order valence-corrected chi connectivity index (χ3v) is 5.84. The van der Waals surface area contributed by atoms with Crippen molar-refractivity contribution in [3.05, 3.63) is 107 Å². The van der Waals surface area contributed by atoms with Crippen LogP contribution in [0.1, 0.15) is 53.5 Å². The van der Waals surface area contributed by atoms with Crippen molar-refractivity contribution in [1.29, 1.82) is 0 Å². The summed E-state index contributed by atoms with van der Waals surface area (Å²) in [7, 11) is 0. The number of esters is 1. The number of aryl methyl sites for hydroxylation is 1. The number of ether oxygens (including phenoxy) is 1. The summed E-state index contributed by atoms with van der Waals surface area (Å²) in [6.07, 6.45) is 3.17. The Hall–Kier alpha value is -3.40. The number of nitrogens with one attached hydrogen (secondary N) is 1. The molecule has 0 spiro atoms. The quantitative estimate of drug-likeness (QED) is 0.558. The average molecular weight is 414 g/mol. The molecule has 0 bridgehead atoms. The van der Waals surface area contributed by atoms with Crippen LogP contribution in [0.4, 0.5) is 0 Å². The van der Waals surface area contributed by atoms with Gasteiger partial charge in [0.15, 0.2) is 6.61 Å². The lowest BCUT2D eigenvalue weighted by Gasteiger charge is -2.26. The fraction of sp³-hybridized carbons (Fsp3) is 0.259. The molecule has 1 aliphatic rings. The molecule has 4 nitrogen and oxygen atoms in total. The number of amides is 1. The van der Waals surface area contributed by atoms with Gasteiger partial charge in [-0.25, -0.2) is 0 Å². The predicted molar refractivity (Wildman–Crippen MR) is 121 cm³/mol. The van der Waals surface area contributed by atoms with Crippen molar-refractivity contribution in [3.8, 4) is 0 Å². The van der Waals surface area contributed by atoms with Crippen molar-refractivity contribution >= 4 is 11.9 Å². The first kappa shape index (κ1) is 20.9. The minimum Gasteiger partial charge on any atom is -0.456 e.